The Morgan fingerprint density at radius 3 is 1.70 bits per heavy atom. The molecular weight excluding hydrogens is 562 g/mol. The fourth-order valence-corrected chi connectivity index (χ4v) is 4.47. The number of aliphatic carboxylic acids is 2. The highest BCUT2D eigenvalue weighted by Crippen LogP contribution is 2.14. The van der Waals surface area contributed by atoms with E-state index in [1.54, 1.807) is 24.1 Å². The van der Waals surface area contributed by atoms with Crippen LogP contribution in [-0.4, -0.2) is 163 Å². The maximum atomic E-state index is 11.9. The summed E-state index contributed by atoms with van der Waals surface area (Å²) < 4.78 is 0. The summed E-state index contributed by atoms with van der Waals surface area (Å²) in [6, 6.07) is 7.37. The van der Waals surface area contributed by atoms with Crippen molar-refractivity contribution in [3.63, 3.8) is 0 Å². The minimum Gasteiger partial charge on any atom is -0.483 e. The molecule has 246 valence electrons. The van der Waals surface area contributed by atoms with E-state index >= 15 is 0 Å². The minimum absolute atomic E-state index is 0.0277. The van der Waals surface area contributed by atoms with E-state index in [0.717, 1.165) is 25.5 Å². The Hall–Kier alpha value is -3.43. The summed E-state index contributed by atoms with van der Waals surface area (Å²) in [5.41, 5.74) is 1.60. The molecule has 1 aliphatic rings. The fourth-order valence-electron chi connectivity index (χ4n) is 4.47. The lowest BCUT2D eigenvalue weighted by Gasteiger charge is -2.37. The molecule has 0 saturated carbocycles. The summed E-state index contributed by atoms with van der Waals surface area (Å²) in [7, 11) is 2.59. The summed E-state index contributed by atoms with van der Waals surface area (Å²) in [6.45, 7) is 10.2. The van der Waals surface area contributed by atoms with Crippen molar-refractivity contribution in [1.29, 1.82) is 0 Å². The second-order valence-electron chi connectivity index (χ2n) is 9.13. The zero-order chi connectivity index (χ0) is 33.2. The zero-order valence-corrected chi connectivity index (χ0v) is 26.1. The molecule has 1 amide bonds. The van der Waals surface area contributed by atoms with Crippen molar-refractivity contribution in [1.82, 2.24) is 24.9 Å². The highest BCUT2D eigenvalue weighted by atomic mass is 16.4. The molecule has 1 saturated heterocycles. The monoisotopic (exact) mass is 613 g/mol. The van der Waals surface area contributed by atoms with E-state index < -0.39 is 11.9 Å². The van der Waals surface area contributed by atoms with Gasteiger partial charge in [-0.2, -0.15) is 0 Å². The third-order valence-electron chi connectivity index (χ3n) is 6.54. The van der Waals surface area contributed by atoms with Crippen LogP contribution in [0.1, 0.15) is 36.7 Å². The lowest BCUT2D eigenvalue weighted by atomic mass is 10.0. The molecule has 5 N–H and O–H groups in total. The molecular formula is C29H51N5O9. The number of amides is 1. The van der Waals surface area contributed by atoms with Gasteiger partial charge >= 0.3 is 11.9 Å². The van der Waals surface area contributed by atoms with Crippen molar-refractivity contribution in [2.45, 2.75) is 33.2 Å². The molecule has 1 aromatic carbocycles. The Morgan fingerprint density at radius 2 is 1.30 bits per heavy atom. The van der Waals surface area contributed by atoms with Crippen LogP contribution in [0, 0.1) is 0 Å². The first-order valence-corrected chi connectivity index (χ1v) is 14.3. The second-order valence-corrected chi connectivity index (χ2v) is 9.13. The maximum absolute atomic E-state index is 11.9. The van der Waals surface area contributed by atoms with Gasteiger partial charge in [-0.25, -0.2) is 0 Å². The number of rotatable bonds is 10. The largest absolute Gasteiger partial charge is 0.483 e. The van der Waals surface area contributed by atoms with Gasteiger partial charge in [-0.3, -0.25) is 33.9 Å². The fraction of sp³-hybridized carbons (Fsp3) is 0.621. The van der Waals surface area contributed by atoms with E-state index in [-0.39, 0.29) is 38.1 Å². The number of carbonyl (C=O) groups excluding carboxylic acids is 2. The molecule has 14 nitrogen and oxygen atoms in total. The number of aliphatic hydroxyl groups excluding tert-OH is 1. The number of hydrogen-bond donors (Lipinski definition) is 5. The smallest absolute Gasteiger partial charge is 0.317 e. The van der Waals surface area contributed by atoms with Crippen molar-refractivity contribution < 1.29 is 44.4 Å². The number of nitrogens with one attached hydrogen (secondary N) is 1. The zero-order valence-electron chi connectivity index (χ0n) is 26.1. The second kappa shape index (κ2) is 26.2. The van der Waals surface area contributed by atoms with Gasteiger partial charge in [0, 0.05) is 71.6 Å². The van der Waals surface area contributed by atoms with Crippen LogP contribution in [0.2, 0.25) is 0 Å². The Morgan fingerprint density at radius 1 is 0.860 bits per heavy atom. The average Bonchev–Trinajstić information content (AvgIpc) is 3.00. The number of hydrogen-bond acceptors (Lipinski definition) is 10. The average molecular weight is 614 g/mol. The van der Waals surface area contributed by atoms with Gasteiger partial charge in [-0.1, -0.05) is 32.9 Å². The Labute approximate surface area is 254 Å². The van der Waals surface area contributed by atoms with Crippen LogP contribution in [0.15, 0.2) is 24.3 Å². The molecule has 1 atom stereocenters. The highest BCUT2D eigenvalue weighted by molar-refractivity contribution is 5.93. The number of carbonyl (C=O) groups is 5. The molecule has 0 aliphatic carbocycles. The number of nitrogens with zero attached hydrogens (tertiary/aromatic N) is 4. The highest BCUT2D eigenvalue weighted by Gasteiger charge is 2.25. The maximum Gasteiger partial charge on any atom is 0.317 e. The standard InChI is InChI=1S/C25H39N5O6.C2H6.CH2O2.CH4O/c1-3-27-8-9-28(18-23(32)33)10-11-29(19-24(34)35)12-13-30(14-15-31)22(17-27)16-20-4-6-21(7-5-20)25(36)26-2;1-2;2-1-3;1-2/h4-7,15,22H,3,8-14,16-19H2,1-2H3,(H,26,36)(H,32,33)(H,34,35);1-2H3;1H,(H,2,3);2H,1H3. The molecule has 0 spiro atoms. The van der Waals surface area contributed by atoms with Crippen molar-refractivity contribution in [3.05, 3.63) is 35.4 Å². The van der Waals surface area contributed by atoms with Crippen molar-refractivity contribution in [3.8, 4) is 0 Å². The summed E-state index contributed by atoms with van der Waals surface area (Å²) in [5, 5.41) is 35.2. The van der Waals surface area contributed by atoms with Crippen LogP contribution in [0.25, 0.3) is 0 Å². The van der Waals surface area contributed by atoms with Gasteiger partial charge in [0.15, 0.2) is 0 Å². The number of carboxylic acids is 2. The lowest BCUT2D eigenvalue weighted by molar-refractivity contribution is -0.140. The number of likely N-dealkylation sites (N-methyl/N-ethyl adjacent to an activating group) is 1. The van der Waals surface area contributed by atoms with Gasteiger partial charge in [-0.05, 0) is 30.7 Å². The van der Waals surface area contributed by atoms with E-state index in [4.69, 9.17) is 15.0 Å². The first kappa shape index (κ1) is 41.7. The van der Waals surface area contributed by atoms with Crippen molar-refractivity contribution in [2.24, 2.45) is 0 Å². The van der Waals surface area contributed by atoms with E-state index in [9.17, 15) is 29.4 Å². The van der Waals surface area contributed by atoms with Crippen LogP contribution in [-0.2, 0) is 25.6 Å². The lowest BCUT2D eigenvalue weighted by Crippen LogP contribution is -2.52. The van der Waals surface area contributed by atoms with Crippen LogP contribution < -0.4 is 5.32 Å². The molecule has 2 rings (SSSR count). The molecule has 1 aromatic rings. The predicted molar refractivity (Wildman–Crippen MR) is 163 cm³/mol. The van der Waals surface area contributed by atoms with Crippen LogP contribution in [0.5, 0.6) is 0 Å². The van der Waals surface area contributed by atoms with Gasteiger partial charge in [0.25, 0.3) is 12.4 Å². The first-order chi connectivity index (χ1) is 20.7. The molecule has 43 heavy (non-hydrogen) atoms. The summed E-state index contributed by atoms with van der Waals surface area (Å²) in [5.74, 6) is -2.01. The normalized spacial score (nSPS) is 17.0. The number of carboxylic acid groups (broad SMARTS) is 3. The Balaban J connectivity index is 0. The molecule has 1 aliphatic heterocycles. The van der Waals surface area contributed by atoms with Crippen LogP contribution in [0.4, 0.5) is 0 Å². The summed E-state index contributed by atoms with van der Waals surface area (Å²) in [4.78, 5) is 62.7. The van der Waals surface area contributed by atoms with Crippen molar-refractivity contribution >= 4 is 30.6 Å². The molecule has 1 unspecified atom stereocenters. The quantitative estimate of drug-likeness (QED) is 0.220. The first-order valence-electron chi connectivity index (χ1n) is 14.3. The molecule has 1 heterocycles. The molecule has 0 bridgehead atoms. The molecule has 14 heteroatoms. The van der Waals surface area contributed by atoms with Gasteiger partial charge in [0.2, 0.25) is 0 Å². The third-order valence-corrected chi connectivity index (χ3v) is 6.54. The Bertz CT molecular complexity index is 918. The summed E-state index contributed by atoms with van der Waals surface area (Å²) in [6.07, 6.45) is 1.52. The predicted octanol–water partition coefficient (Wildman–Crippen LogP) is -0.0976. The van der Waals surface area contributed by atoms with Crippen LogP contribution in [0.3, 0.4) is 0 Å². The van der Waals surface area contributed by atoms with Gasteiger partial charge in [0.1, 0.15) is 6.29 Å². The number of benzene rings is 1. The van der Waals surface area contributed by atoms with Gasteiger partial charge < -0.3 is 35.4 Å². The number of aliphatic hydroxyl groups is 1. The SMILES string of the molecule is CC.CCN1CCN(CC(=O)O)CCN(CC(=O)O)CCN(CC=O)C(Cc2ccc(C(=O)NC)cc2)C1.CO.O=CO. The number of aldehydes is 1. The van der Waals surface area contributed by atoms with Gasteiger partial charge in [-0.15, -0.1) is 0 Å². The van der Waals surface area contributed by atoms with E-state index in [2.05, 4.69) is 22.0 Å². The van der Waals surface area contributed by atoms with Gasteiger partial charge in [0.05, 0.1) is 19.6 Å². The third kappa shape index (κ3) is 18.7. The van der Waals surface area contributed by atoms with E-state index in [0.29, 0.717) is 57.8 Å². The molecule has 0 radical (unpaired) electrons. The summed E-state index contributed by atoms with van der Waals surface area (Å²) >= 11 is 0. The van der Waals surface area contributed by atoms with E-state index in [1.807, 2.05) is 30.9 Å². The Kier molecular flexibility index (Phi) is 25.4. The van der Waals surface area contributed by atoms with Crippen LogP contribution >= 0.6 is 0 Å². The van der Waals surface area contributed by atoms with E-state index in [1.165, 1.54) is 0 Å². The molecule has 0 aromatic heterocycles. The topological polar surface area (TPSA) is 191 Å². The van der Waals surface area contributed by atoms with Crippen molar-refractivity contribution in [2.75, 3.05) is 86.1 Å². The minimum atomic E-state index is -0.946. The molecule has 1 fully saturated rings.